The molecule has 7 heteroatoms. The monoisotopic (exact) mass is 411 g/mol. The first kappa shape index (κ1) is 19.7. The first-order valence-electron chi connectivity index (χ1n) is 10.0. The van der Waals surface area contributed by atoms with E-state index in [9.17, 15) is 0 Å². The number of benzene rings is 1. The molecule has 0 aliphatic carbocycles. The summed E-state index contributed by atoms with van der Waals surface area (Å²) in [6.45, 7) is 6.39. The smallest absolute Gasteiger partial charge is 0.147 e. The predicted molar refractivity (Wildman–Crippen MR) is 116 cm³/mol. The van der Waals surface area contributed by atoms with E-state index in [-0.39, 0.29) is 0 Å². The van der Waals surface area contributed by atoms with E-state index in [1.807, 2.05) is 30.7 Å². The largest absolute Gasteiger partial charge is 0.494 e. The average molecular weight is 412 g/mol. The van der Waals surface area contributed by atoms with Crippen LogP contribution in [0.3, 0.4) is 0 Å². The molecule has 0 atom stereocenters. The van der Waals surface area contributed by atoms with Crippen molar-refractivity contribution in [3.05, 3.63) is 71.9 Å². The fourth-order valence-corrected chi connectivity index (χ4v) is 3.82. The van der Waals surface area contributed by atoms with Crippen LogP contribution in [-0.2, 0) is 13.1 Å². The Hall–Kier alpha value is -2.57. The van der Waals surface area contributed by atoms with E-state index >= 15 is 0 Å². The van der Waals surface area contributed by atoms with Gasteiger partial charge in [0.25, 0.3) is 0 Å². The van der Waals surface area contributed by atoms with Gasteiger partial charge in [-0.3, -0.25) is 4.90 Å². The van der Waals surface area contributed by atoms with Gasteiger partial charge in [0.1, 0.15) is 11.6 Å². The predicted octanol–water partition coefficient (Wildman–Crippen LogP) is 3.72. The van der Waals surface area contributed by atoms with E-state index in [0.29, 0.717) is 6.61 Å². The summed E-state index contributed by atoms with van der Waals surface area (Å²) < 4.78 is 8.01. The van der Waals surface area contributed by atoms with Crippen molar-refractivity contribution in [2.24, 2.45) is 0 Å². The number of halogens is 1. The molecule has 0 bridgehead atoms. The van der Waals surface area contributed by atoms with E-state index < -0.39 is 0 Å². The molecule has 4 rings (SSSR count). The zero-order valence-corrected chi connectivity index (χ0v) is 17.2. The summed E-state index contributed by atoms with van der Waals surface area (Å²) in [6.07, 6.45) is 8.37. The minimum Gasteiger partial charge on any atom is -0.494 e. The van der Waals surface area contributed by atoms with Crippen molar-refractivity contribution in [3.8, 4) is 5.75 Å². The number of hydrogen-bond acceptors (Lipinski definition) is 5. The van der Waals surface area contributed by atoms with E-state index in [2.05, 4.69) is 42.5 Å². The fourth-order valence-electron chi connectivity index (χ4n) is 3.58. The van der Waals surface area contributed by atoms with Crippen molar-refractivity contribution in [1.29, 1.82) is 0 Å². The highest BCUT2D eigenvalue weighted by Gasteiger charge is 2.19. The summed E-state index contributed by atoms with van der Waals surface area (Å²) >= 11 is 6.29. The van der Waals surface area contributed by atoms with Gasteiger partial charge in [-0.05, 0) is 36.2 Å². The van der Waals surface area contributed by atoms with Crippen molar-refractivity contribution in [2.45, 2.75) is 19.5 Å². The van der Waals surface area contributed by atoms with E-state index in [1.165, 1.54) is 5.56 Å². The first-order chi connectivity index (χ1) is 14.3. The standard InChI is InChI=1S/C22H26ClN5O/c23-21-6-2-7-25-22(21)28-13-11-26(12-14-28)17-19-4-1-5-20(16-19)29-15-3-9-27-10-8-24-18-27/h1-2,4-8,10,16,18H,3,9,11-15,17H2. The molecule has 0 N–H and O–H groups in total. The highest BCUT2D eigenvalue weighted by molar-refractivity contribution is 6.32. The molecule has 0 radical (unpaired) electrons. The van der Waals surface area contributed by atoms with Crippen LogP contribution in [0.2, 0.25) is 5.02 Å². The molecule has 1 aromatic carbocycles. The lowest BCUT2D eigenvalue weighted by molar-refractivity contribution is 0.248. The lowest BCUT2D eigenvalue weighted by Crippen LogP contribution is -2.46. The van der Waals surface area contributed by atoms with Crippen LogP contribution in [0, 0.1) is 0 Å². The number of anilines is 1. The summed E-state index contributed by atoms with van der Waals surface area (Å²) in [4.78, 5) is 13.2. The van der Waals surface area contributed by atoms with Crippen molar-refractivity contribution < 1.29 is 4.74 Å². The molecule has 3 heterocycles. The van der Waals surface area contributed by atoms with E-state index in [1.54, 1.807) is 12.4 Å². The molecule has 29 heavy (non-hydrogen) atoms. The van der Waals surface area contributed by atoms with Gasteiger partial charge in [-0.25, -0.2) is 9.97 Å². The lowest BCUT2D eigenvalue weighted by Gasteiger charge is -2.35. The summed E-state index contributed by atoms with van der Waals surface area (Å²) in [5, 5.41) is 0.721. The van der Waals surface area contributed by atoms with Crippen molar-refractivity contribution in [3.63, 3.8) is 0 Å². The van der Waals surface area contributed by atoms with Gasteiger partial charge in [0.2, 0.25) is 0 Å². The minimum absolute atomic E-state index is 0.700. The maximum Gasteiger partial charge on any atom is 0.147 e. The number of nitrogens with zero attached hydrogens (tertiary/aromatic N) is 5. The Morgan fingerprint density at radius 1 is 1.03 bits per heavy atom. The van der Waals surface area contributed by atoms with E-state index in [4.69, 9.17) is 16.3 Å². The third-order valence-corrected chi connectivity index (χ3v) is 5.40. The van der Waals surface area contributed by atoms with Gasteiger partial charge >= 0.3 is 0 Å². The number of aromatic nitrogens is 3. The van der Waals surface area contributed by atoms with Gasteiger partial charge in [0.15, 0.2) is 0 Å². The maximum atomic E-state index is 6.29. The third kappa shape index (κ3) is 5.49. The van der Waals surface area contributed by atoms with Gasteiger partial charge in [-0.2, -0.15) is 0 Å². The summed E-state index contributed by atoms with van der Waals surface area (Å²) in [6, 6.07) is 12.2. The van der Waals surface area contributed by atoms with E-state index in [0.717, 1.165) is 62.3 Å². The topological polar surface area (TPSA) is 46.4 Å². The molecule has 6 nitrogen and oxygen atoms in total. The molecule has 1 aliphatic heterocycles. The van der Waals surface area contributed by atoms with Crippen LogP contribution in [0.25, 0.3) is 0 Å². The maximum absolute atomic E-state index is 6.29. The van der Waals surface area contributed by atoms with Gasteiger partial charge < -0.3 is 14.2 Å². The molecule has 1 fully saturated rings. The van der Waals surface area contributed by atoms with Gasteiger partial charge in [-0.15, -0.1) is 0 Å². The molecule has 0 spiro atoms. The van der Waals surface area contributed by atoms with Crippen LogP contribution in [0.5, 0.6) is 5.75 Å². The van der Waals surface area contributed by atoms with Crippen LogP contribution in [0.4, 0.5) is 5.82 Å². The fraction of sp³-hybridized carbons (Fsp3) is 0.364. The molecule has 0 amide bonds. The number of rotatable bonds is 8. The van der Waals surface area contributed by atoms with Crippen molar-refractivity contribution in [2.75, 3.05) is 37.7 Å². The first-order valence-corrected chi connectivity index (χ1v) is 10.4. The normalized spacial score (nSPS) is 14.9. The van der Waals surface area contributed by atoms with Crippen LogP contribution in [0.1, 0.15) is 12.0 Å². The van der Waals surface area contributed by atoms with Gasteiger partial charge in [0.05, 0.1) is 18.0 Å². The molecule has 2 aromatic heterocycles. The molecule has 0 unspecified atom stereocenters. The molecule has 152 valence electrons. The van der Waals surface area contributed by atoms with Crippen LogP contribution >= 0.6 is 11.6 Å². The van der Waals surface area contributed by atoms with Gasteiger partial charge in [-0.1, -0.05) is 23.7 Å². The van der Waals surface area contributed by atoms with Crippen LogP contribution in [0.15, 0.2) is 61.3 Å². The highest BCUT2D eigenvalue weighted by atomic mass is 35.5. The Morgan fingerprint density at radius 3 is 2.72 bits per heavy atom. The number of imidazole rings is 1. The average Bonchev–Trinajstić information content (AvgIpc) is 3.26. The summed E-state index contributed by atoms with van der Waals surface area (Å²) in [5.74, 6) is 1.83. The van der Waals surface area contributed by atoms with Crippen molar-refractivity contribution in [1.82, 2.24) is 19.4 Å². The Balaban J connectivity index is 1.24. The molecule has 3 aromatic rings. The Bertz CT molecular complexity index is 894. The molecule has 1 saturated heterocycles. The molecular weight excluding hydrogens is 386 g/mol. The zero-order valence-electron chi connectivity index (χ0n) is 16.5. The second-order valence-corrected chi connectivity index (χ2v) is 7.63. The molecule has 0 saturated carbocycles. The summed E-state index contributed by atoms with van der Waals surface area (Å²) in [7, 11) is 0. The number of aryl methyl sites for hydroxylation is 1. The second-order valence-electron chi connectivity index (χ2n) is 7.22. The second kappa shape index (κ2) is 9.76. The minimum atomic E-state index is 0.700. The van der Waals surface area contributed by atoms with Crippen LogP contribution in [-0.4, -0.2) is 52.2 Å². The number of pyridine rings is 1. The van der Waals surface area contributed by atoms with Crippen LogP contribution < -0.4 is 9.64 Å². The summed E-state index contributed by atoms with van der Waals surface area (Å²) in [5.41, 5.74) is 1.28. The quantitative estimate of drug-likeness (QED) is 0.528. The molecule has 1 aliphatic rings. The molecular formula is C22H26ClN5O. The number of ether oxygens (including phenoxy) is 1. The Labute approximate surface area is 176 Å². The lowest BCUT2D eigenvalue weighted by atomic mass is 10.2. The Morgan fingerprint density at radius 2 is 1.93 bits per heavy atom. The SMILES string of the molecule is Clc1cccnc1N1CCN(Cc2cccc(OCCCn3ccnc3)c2)CC1. The Kier molecular flexibility index (Phi) is 6.64. The zero-order chi connectivity index (χ0) is 19.9. The number of hydrogen-bond donors (Lipinski definition) is 0. The van der Waals surface area contributed by atoms with Crippen molar-refractivity contribution >= 4 is 17.4 Å². The third-order valence-electron chi connectivity index (χ3n) is 5.10. The highest BCUT2D eigenvalue weighted by Crippen LogP contribution is 2.24. The number of piperazine rings is 1. The van der Waals surface area contributed by atoms with Gasteiger partial charge in [0, 0.05) is 57.9 Å².